The lowest BCUT2D eigenvalue weighted by atomic mass is 9.85. The molecule has 0 saturated heterocycles. The molecule has 1 unspecified atom stereocenters. The highest BCUT2D eigenvalue weighted by atomic mass is 16.4. The molecule has 2 amide bonds. The highest BCUT2D eigenvalue weighted by molar-refractivity contribution is 5.76. The van der Waals surface area contributed by atoms with Gasteiger partial charge < -0.3 is 15.3 Å². The number of carbonyl (C=O) groups is 2. The molecule has 0 aliphatic heterocycles. The molecular weight excluding hydrogens is 294 g/mol. The first-order valence-electron chi connectivity index (χ1n) is 9.04. The van der Waals surface area contributed by atoms with Crippen LogP contribution in [-0.4, -0.2) is 64.2 Å². The summed E-state index contributed by atoms with van der Waals surface area (Å²) in [5.74, 6) is -0.0841. The molecule has 0 bridgehead atoms. The summed E-state index contributed by atoms with van der Waals surface area (Å²) in [5, 5.41) is 12.1. The topological polar surface area (TPSA) is 72.9 Å². The molecule has 0 heterocycles. The van der Waals surface area contributed by atoms with Crippen molar-refractivity contribution in [3.63, 3.8) is 0 Å². The van der Waals surface area contributed by atoms with Crippen molar-refractivity contribution in [3.05, 3.63) is 0 Å². The largest absolute Gasteiger partial charge is 0.480 e. The molecule has 23 heavy (non-hydrogen) atoms. The maximum absolute atomic E-state index is 12.6. The number of amides is 2. The predicted octanol–water partition coefficient (Wildman–Crippen LogP) is 1.90. The van der Waals surface area contributed by atoms with Gasteiger partial charge >= 0.3 is 12.0 Å². The van der Waals surface area contributed by atoms with Gasteiger partial charge in [0.15, 0.2) is 0 Å². The lowest BCUT2D eigenvalue weighted by Crippen LogP contribution is -2.58. The van der Waals surface area contributed by atoms with Crippen LogP contribution in [0.25, 0.3) is 0 Å². The van der Waals surface area contributed by atoms with Crippen molar-refractivity contribution >= 4 is 12.0 Å². The van der Waals surface area contributed by atoms with E-state index in [-0.39, 0.29) is 24.7 Å². The number of nitrogens with zero attached hydrogens (tertiary/aromatic N) is 2. The molecule has 3 aliphatic rings. The van der Waals surface area contributed by atoms with Crippen LogP contribution < -0.4 is 5.32 Å². The minimum Gasteiger partial charge on any atom is -0.480 e. The Balaban J connectivity index is 1.46. The van der Waals surface area contributed by atoms with Crippen LogP contribution in [0, 0.1) is 5.92 Å². The fraction of sp³-hybridized carbons (Fsp3) is 0.882. The molecule has 2 N–H and O–H groups in total. The van der Waals surface area contributed by atoms with Crippen LogP contribution >= 0.6 is 0 Å². The SMILES string of the molecule is CCN(CC(=O)O)C1CC(NC(=O)N(C2CC2)C(C)C2CC2)C1. The minimum absolute atomic E-state index is 0.0920. The summed E-state index contributed by atoms with van der Waals surface area (Å²) < 4.78 is 0. The van der Waals surface area contributed by atoms with Gasteiger partial charge in [-0.1, -0.05) is 6.92 Å². The highest BCUT2D eigenvalue weighted by Crippen LogP contribution is 2.40. The molecule has 3 fully saturated rings. The number of urea groups is 1. The van der Waals surface area contributed by atoms with Crippen LogP contribution in [0.2, 0.25) is 0 Å². The quantitative estimate of drug-likeness (QED) is 0.715. The minimum atomic E-state index is -0.780. The first-order chi connectivity index (χ1) is 11.0. The van der Waals surface area contributed by atoms with Crippen LogP contribution in [0.4, 0.5) is 4.79 Å². The molecule has 3 rings (SSSR count). The summed E-state index contributed by atoms with van der Waals surface area (Å²) in [7, 11) is 0. The van der Waals surface area contributed by atoms with Gasteiger partial charge in [-0.25, -0.2) is 4.79 Å². The molecule has 3 aliphatic carbocycles. The summed E-state index contributed by atoms with van der Waals surface area (Å²) in [5.41, 5.74) is 0. The smallest absolute Gasteiger partial charge is 0.318 e. The number of rotatable bonds is 8. The summed E-state index contributed by atoms with van der Waals surface area (Å²) in [6, 6.07) is 1.38. The Kier molecular flexibility index (Phi) is 4.80. The van der Waals surface area contributed by atoms with Gasteiger partial charge in [-0.05, 0) is 57.9 Å². The number of hydrogen-bond donors (Lipinski definition) is 2. The maximum atomic E-state index is 12.6. The number of carboxylic acid groups (broad SMARTS) is 1. The molecule has 6 nitrogen and oxygen atoms in total. The summed E-state index contributed by atoms with van der Waals surface area (Å²) in [6.45, 7) is 5.01. The molecular formula is C17H29N3O3. The van der Waals surface area contributed by atoms with Gasteiger partial charge in [-0.2, -0.15) is 0 Å². The first kappa shape index (κ1) is 16.6. The fourth-order valence-electron chi connectivity index (χ4n) is 3.77. The van der Waals surface area contributed by atoms with Crippen molar-refractivity contribution in [3.8, 4) is 0 Å². The van der Waals surface area contributed by atoms with E-state index >= 15 is 0 Å². The lowest BCUT2D eigenvalue weighted by Gasteiger charge is -2.43. The van der Waals surface area contributed by atoms with Crippen molar-refractivity contribution in [2.24, 2.45) is 5.92 Å². The number of aliphatic carboxylic acids is 1. The van der Waals surface area contributed by atoms with E-state index in [4.69, 9.17) is 5.11 Å². The Labute approximate surface area is 138 Å². The van der Waals surface area contributed by atoms with Gasteiger partial charge in [0.1, 0.15) is 0 Å². The Morgan fingerprint density at radius 3 is 2.30 bits per heavy atom. The van der Waals surface area contributed by atoms with Crippen molar-refractivity contribution in [1.82, 2.24) is 15.1 Å². The van der Waals surface area contributed by atoms with Gasteiger partial charge in [0.25, 0.3) is 0 Å². The number of likely N-dealkylation sites (N-methyl/N-ethyl adjacent to an activating group) is 1. The second kappa shape index (κ2) is 6.67. The summed E-state index contributed by atoms with van der Waals surface area (Å²) in [4.78, 5) is 27.6. The number of carbonyl (C=O) groups excluding carboxylic acids is 1. The third-order valence-corrected chi connectivity index (χ3v) is 5.62. The molecule has 6 heteroatoms. The standard InChI is InChI=1S/C17H29N3O3/c1-3-19(10-16(21)22)15-8-13(9-15)18-17(23)20(14-6-7-14)11(2)12-4-5-12/h11-15H,3-10H2,1-2H3,(H,18,23)(H,21,22). The Bertz CT molecular complexity index is 456. The number of nitrogens with one attached hydrogen (secondary N) is 1. The van der Waals surface area contributed by atoms with E-state index in [1.807, 2.05) is 11.8 Å². The predicted molar refractivity (Wildman–Crippen MR) is 87.3 cm³/mol. The van der Waals surface area contributed by atoms with Crippen molar-refractivity contribution < 1.29 is 14.7 Å². The molecule has 1 atom stereocenters. The lowest BCUT2D eigenvalue weighted by molar-refractivity contribution is -0.139. The Morgan fingerprint density at radius 2 is 1.83 bits per heavy atom. The van der Waals surface area contributed by atoms with Crippen molar-refractivity contribution in [1.29, 1.82) is 0 Å². The second-order valence-corrected chi connectivity index (χ2v) is 7.44. The van der Waals surface area contributed by atoms with Crippen molar-refractivity contribution in [2.75, 3.05) is 13.1 Å². The van der Waals surface area contributed by atoms with Gasteiger partial charge in [0.2, 0.25) is 0 Å². The van der Waals surface area contributed by atoms with E-state index in [1.165, 1.54) is 12.8 Å². The zero-order valence-corrected chi connectivity index (χ0v) is 14.2. The first-order valence-corrected chi connectivity index (χ1v) is 9.04. The van der Waals surface area contributed by atoms with Crippen LogP contribution in [-0.2, 0) is 4.79 Å². The average molecular weight is 323 g/mol. The highest BCUT2D eigenvalue weighted by Gasteiger charge is 2.43. The van der Waals surface area contributed by atoms with Gasteiger partial charge in [-0.15, -0.1) is 0 Å². The number of hydrogen-bond acceptors (Lipinski definition) is 3. The fourth-order valence-corrected chi connectivity index (χ4v) is 3.77. The molecule has 0 aromatic rings. The van der Waals surface area contributed by atoms with Crippen LogP contribution in [0.15, 0.2) is 0 Å². The number of carboxylic acids is 1. The van der Waals surface area contributed by atoms with Crippen LogP contribution in [0.3, 0.4) is 0 Å². The van der Waals surface area contributed by atoms with E-state index in [0.717, 1.165) is 32.2 Å². The molecule has 0 radical (unpaired) electrons. The molecule has 0 spiro atoms. The Morgan fingerprint density at radius 1 is 1.17 bits per heavy atom. The summed E-state index contributed by atoms with van der Waals surface area (Å²) >= 11 is 0. The van der Waals surface area contributed by atoms with E-state index in [2.05, 4.69) is 17.1 Å². The molecule has 0 aromatic heterocycles. The van der Waals surface area contributed by atoms with E-state index in [9.17, 15) is 9.59 Å². The third-order valence-electron chi connectivity index (χ3n) is 5.62. The summed E-state index contributed by atoms with van der Waals surface area (Å²) in [6.07, 6.45) is 6.51. The van der Waals surface area contributed by atoms with E-state index in [1.54, 1.807) is 0 Å². The monoisotopic (exact) mass is 323 g/mol. The Hall–Kier alpha value is -1.30. The van der Waals surface area contributed by atoms with Crippen molar-refractivity contribution in [2.45, 2.75) is 76.5 Å². The zero-order valence-electron chi connectivity index (χ0n) is 14.2. The molecule has 3 saturated carbocycles. The normalized spacial score (nSPS) is 28.1. The third kappa shape index (κ3) is 3.97. The second-order valence-electron chi connectivity index (χ2n) is 7.44. The van der Waals surface area contributed by atoms with Crippen LogP contribution in [0.1, 0.15) is 52.4 Å². The molecule has 0 aromatic carbocycles. The van der Waals surface area contributed by atoms with Gasteiger partial charge in [0, 0.05) is 24.2 Å². The maximum Gasteiger partial charge on any atom is 0.318 e. The molecule has 130 valence electrons. The zero-order chi connectivity index (χ0) is 16.6. The van der Waals surface area contributed by atoms with Crippen LogP contribution in [0.5, 0.6) is 0 Å². The average Bonchev–Trinajstić information content (AvgIpc) is 3.32. The van der Waals surface area contributed by atoms with E-state index in [0.29, 0.717) is 18.0 Å². The van der Waals surface area contributed by atoms with Gasteiger partial charge in [0.05, 0.1) is 6.54 Å². The van der Waals surface area contributed by atoms with E-state index < -0.39 is 5.97 Å². The van der Waals surface area contributed by atoms with Gasteiger partial charge in [-0.3, -0.25) is 9.69 Å².